The van der Waals surface area contributed by atoms with Gasteiger partial charge >= 0.3 is 5.97 Å². The molecule has 1 aromatic rings. The quantitative estimate of drug-likeness (QED) is 0.880. The van der Waals surface area contributed by atoms with E-state index in [4.69, 9.17) is 9.84 Å². The number of aromatic carboxylic acids is 1. The minimum Gasteiger partial charge on any atom is -0.490 e. The summed E-state index contributed by atoms with van der Waals surface area (Å²) in [4.78, 5) is 24.3. The Labute approximate surface area is 105 Å². The summed E-state index contributed by atoms with van der Waals surface area (Å²) < 4.78 is 5.62. The summed E-state index contributed by atoms with van der Waals surface area (Å²) in [7, 11) is 3.24. The Bertz CT molecular complexity index is 492. The second kappa shape index (κ2) is 4.68. The van der Waals surface area contributed by atoms with Gasteiger partial charge in [-0.3, -0.25) is 4.79 Å². The zero-order valence-electron chi connectivity index (χ0n) is 10.3. The predicted octanol–water partition coefficient (Wildman–Crippen LogP) is 1.63. The molecule has 1 aliphatic carbocycles. The van der Waals surface area contributed by atoms with Crippen LogP contribution in [-0.4, -0.2) is 42.1 Å². The maximum absolute atomic E-state index is 12.0. The van der Waals surface area contributed by atoms with Crippen LogP contribution in [-0.2, 0) is 0 Å². The molecule has 5 nitrogen and oxygen atoms in total. The first-order chi connectivity index (χ1) is 8.49. The van der Waals surface area contributed by atoms with Crippen molar-refractivity contribution in [2.24, 2.45) is 0 Å². The molecule has 1 N–H and O–H groups in total. The number of carboxylic acid groups (broad SMARTS) is 1. The summed E-state index contributed by atoms with van der Waals surface area (Å²) in [5.74, 6) is -0.851. The SMILES string of the molecule is CN(C)C(=O)c1cc(C(=O)O)ccc1OC1CC1. The average molecular weight is 249 g/mol. The van der Waals surface area contributed by atoms with E-state index >= 15 is 0 Å². The third-order valence-electron chi connectivity index (χ3n) is 2.68. The van der Waals surface area contributed by atoms with E-state index in [0.29, 0.717) is 11.3 Å². The van der Waals surface area contributed by atoms with Crippen molar-refractivity contribution in [3.05, 3.63) is 29.3 Å². The third kappa shape index (κ3) is 2.61. The van der Waals surface area contributed by atoms with Crippen LogP contribution in [0.15, 0.2) is 18.2 Å². The number of amides is 1. The van der Waals surface area contributed by atoms with Crippen molar-refractivity contribution in [3.63, 3.8) is 0 Å². The molecule has 0 unspecified atom stereocenters. The van der Waals surface area contributed by atoms with Crippen LogP contribution in [0, 0.1) is 0 Å². The first kappa shape index (κ1) is 12.4. The van der Waals surface area contributed by atoms with Gasteiger partial charge in [0.15, 0.2) is 0 Å². The van der Waals surface area contributed by atoms with Gasteiger partial charge in [0, 0.05) is 14.1 Å². The first-order valence-electron chi connectivity index (χ1n) is 5.74. The standard InChI is InChI=1S/C13H15NO4/c1-14(2)12(15)10-7-8(13(16)17)3-6-11(10)18-9-4-5-9/h3,6-7,9H,4-5H2,1-2H3,(H,16,17). The van der Waals surface area contributed by atoms with E-state index in [9.17, 15) is 9.59 Å². The number of hydrogen-bond acceptors (Lipinski definition) is 3. The van der Waals surface area contributed by atoms with E-state index in [1.165, 1.54) is 17.0 Å². The van der Waals surface area contributed by atoms with Crippen LogP contribution >= 0.6 is 0 Å². The Morgan fingerprint density at radius 3 is 2.50 bits per heavy atom. The van der Waals surface area contributed by atoms with Gasteiger partial charge in [0.25, 0.3) is 5.91 Å². The second-order valence-electron chi connectivity index (χ2n) is 4.53. The van der Waals surface area contributed by atoms with Crippen LogP contribution in [0.4, 0.5) is 0 Å². The molecule has 0 saturated heterocycles. The van der Waals surface area contributed by atoms with Crippen LogP contribution < -0.4 is 4.74 Å². The van der Waals surface area contributed by atoms with Gasteiger partial charge < -0.3 is 14.7 Å². The summed E-state index contributed by atoms with van der Waals surface area (Å²) in [6, 6.07) is 4.37. The van der Waals surface area contributed by atoms with Crippen LogP contribution in [0.5, 0.6) is 5.75 Å². The van der Waals surface area contributed by atoms with E-state index in [0.717, 1.165) is 12.8 Å². The number of ether oxygens (including phenoxy) is 1. The van der Waals surface area contributed by atoms with Crippen molar-refractivity contribution in [3.8, 4) is 5.75 Å². The number of hydrogen-bond donors (Lipinski definition) is 1. The molecule has 1 amide bonds. The largest absolute Gasteiger partial charge is 0.490 e. The van der Waals surface area contributed by atoms with E-state index in [2.05, 4.69) is 0 Å². The van der Waals surface area contributed by atoms with Crippen molar-refractivity contribution in [2.75, 3.05) is 14.1 Å². The van der Waals surface area contributed by atoms with Crippen LogP contribution in [0.3, 0.4) is 0 Å². The van der Waals surface area contributed by atoms with Crippen LogP contribution in [0.2, 0.25) is 0 Å². The van der Waals surface area contributed by atoms with Gasteiger partial charge in [0.2, 0.25) is 0 Å². The van der Waals surface area contributed by atoms with E-state index < -0.39 is 5.97 Å². The molecule has 0 radical (unpaired) electrons. The molecule has 2 rings (SSSR count). The number of benzene rings is 1. The van der Waals surface area contributed by atoms with Gasteiger partial charge in [0.1, 0.15) is 5.75 Å². The summed E-state index contributed by atoms with van der Waals surface area (Å²) in [6.45, 7) is 0. The highest BCUT2D eigenvalue weighted by Crippen LogP contribution is 2.30. The zero-order chi connectivity index (χ0) is 13.3. The van der Waals surface area contributed by atoms with Gasteiger partial charge in [-0.2, -0.15) is 0 Å². The van der Waals surface area contributed by atoms with Gasteiger partial charge in [-0.1, -0.05) is 0 Å². The number of carbonyl (C=O) groups is 2. The normalized spacial score (nSPS) is 14.1. The fraction of sp³-hybridized carbons (Fsp3) is 0.385. The molecule has 1 aliphatic rings. The van der Waals surface area contributed by atoms with Crippen molar-refractivity contribution in [1.82, 2.24) is 4.90 Å². The molecule has 1 saturated carbocycles. The number of rotatable bonds is 4. The van der Waals surface area contributed by atoms with Crippen molar-refractivity contribution < 1.29 is 19.4 Å². The second-order valence-corrected chi connectivity index (χ2v) is 4.53. The van der Waals surface area contributed by atoms with Crippen molar-refractivity contribution >= 4 is 11.9 Å². The molecule has 1 fully saturated rings. The molecule has 0 aliphatic heterocycles. The summed E-state index contributed by atoms with van der Waals surface area (Å²) >= 11 is 0. The third-order valence-corrected chi connectivity index (χ3v) is 2.68. The zero-order valence-corrected chi connectivity index (χ0v) is 10.3. The Morgan fingerprint density at radius 2 is 2.00 bits per heavy atom. The average Bonchev–Trinajstić information content (AvgIpc) is 3.12. The highest BCUT2D eigenvalue weighted by Gasteiger charge is 2.26. The molecule has 18 heavy (non-hydrogen) atoms. The molecular formula is C13H15NO4. The molecule has 0 bridgehead atoms. The van der Waals surface area contributed by atoms with Gasteiger partial charge in [-0.05, 0) is 31.0 Å². The van der Waals surface area contributed by atoms with E-state index in [-0.39, 0.29) is 17.6 Å². The fourth-order valence-corrected chi connectivity index (χ4v) is 1.54. The summed E-state index contributed by atoms with van der Waals surface area (Å²) in [5.41, 5.74) is 0.384. The molecule has 0 aromatic heterocycles. The maximum atomic E-state index is 12.0. The minimum absolute atomic E-state index is 0.0864. The Hall–Kier alpha value is -2.04. The molecule has 0 atom stereocenters. The monoisotopic (exact) mass is 249 g/mol. The van der Waals surface area contributed by atoms with Gasteiger partial charge in [-0.15, -0.1) is 0 Å². The molecule has 0 spiro atoms. The highest BCUT2D eigenvalue weighted by atomic mass is 16.5. The number of carbonyl (C=O) groups excluding carboxylic acids is 1. The molecule has 96 valence electrons. The molecule has 5 heteroatoms. The lowest BCUT2D eigenvalue weighted by molar-refractivity contribution is 0.0697. The van der Waals surface area contributed by atoms with E-state index in [1.54, 1.807) is 20.2 Å². The number of carboxylic acids is 1. The van der Waals surface area contributed by atoms with Gasteiger partial charge in [-0.25, -0.2) is 4.79 Å². The summed E-state index contributed by atoms with van der Waals surface area (Å²) in [6.07, 6.45) is 2.13. The Morgan fingerprint density at radius 1 is 1.33 bits per heavy atom. The highest BCUT2D eigenvalue weighted by molar-refractivity contribution is 5.99. The lowest BCUT2D eigenvalue weighted by Crippen LogP contribution is -2.23. The molecule has 1 aromatic carbocycles. The number of nitrogens with zero attached hydrogens (tertiary/aromatic N) is 1. The predicted molar refractivity (Wildman–Crippen MR) is 65.1 cm³/mol. The molecule has 0 heterocycles. The minimum atomic E-state index is -1.05. The molecular weight excluding hydrogens is 234 g/mol. The fourth-order valence-electron chi connectivity index (χ4n) is 1.54. The maximum Gasteiger partial charge on any atom is 0.335 e. The lowest BCUT2D eigenvalue weighted by Gasteiger charge is -2.15. The van der Waals surface area contributed by atoms with Crippen LogP contribution in [0.1, 0.15) is 33.6 Å². The summed E-state index contributed by atoms with van der Waals surface area (Å²) in [5, 5.41) is 8.95. The first-order valence-corrected chi connectivity index (χ1v) is 5.74. The van der Waals surface area contributed by atoms with Crippen LogP contribution in [0.25, 0.3) is 0 Å². The van der Waals surface area contributed by atoms with Gasteiger partial charge in [0.05, 0.1) is 17.2 Å². The Kier molecular flexibility index (Phi) is 3.23. The van der Waals surface area contributed by atoms with Crippen molar-refractivity contribution in [1.29, 1.82) is 0 Å². The smallest absolute Gasteiger partial charge is 0.335 e. The lowest BCUT2D eigenvalue weighted by atomic mass is 10.1. The van der Waals surface area contributed by atoms with E-state index in [1.807, 2.05) is 0 Å². The Balaban J connectivity index is 2.38. The topological polar surface area (TPSA) is 66.8 Å². The van der Waals surface area contributed by atoms with Crippen molar-refractivity contribution in [2.45, 2.75) is 18.9 Å².